The fourth-order valence-electron chi connectivity index (χ4n) is 4.52. The number of ketones is 1. The number of hydrogen-bond acceptors (Lipinski definition) is 3. The van der Waals surface area contributed by atoms with Crippen LogP contribution in [0.3, 0.4) is 0 Å². The zero-order valence-corrected chi connectivity index (χ0v) is 18.4. The number of nitrogens with one attached hydrogen (secondary N) is 1. The van der Waals surface area contributed by atoms with Gasteiger partial charge < -0.3 is 14.3 Å². The minimum absolute atomic E-state index is 0.144. The van der Waals surface area contributed by atoms with E-state index < -0.39 is 5.97 Å². The van der Waals surface area contributed by atoms with E-state index >= 15 is 0 Å². The Morgan fingerprint density at radius 3 is 2.81 bits per heavy atom. The second-order valence-electron chi connectivity index (χ2n) is 8.41. The van der Waals surface area contributed by atoms with E-state index in [-0.39, 0.29) is 18.8 Å². The van der Waals surface area contributed by atoms with Crippen molar-refractivity contribution in [1.29, 1.82) is 0 Å². The molecule has 0 bridgehead atoms. The van der Waals surface area contributed by atoms with Gasteiger partial charge in [-0.1, -0.05) is 29.8 Å². The van der Waals surface area contributed by atoms with Crippen LogP contribution in [0.25, 0.3) is 10.9 Å². The first-order valence-electron chi connectivity index (χ1n) is 11.1. The molecule has 5 nitrogen and oxygen atoms in total. The lowest BCUT2D eigenvalue weighted by Crippen LogP contribution is -2.16. The maximum atomic E-state index is 12.7. The molecular formula is C26H30N2O3. The molecule has 0 unspecified atom stereocenters. The van der Waals surface area contributed by atoms with Crippen LogP contribution >= 0.6 is 0 Å². The van der Waals surface area contributed by atoms with E-state index in [1.807, 2.05) is 50.4 Å². The molecule has 2 heterocycles. The first-order valence-corrected chi connectivity index (χ1v) is 11.1. The Hall–Kier alpha value is -3.08. The lowest BCUT2D eigenvalue weighted by atomic mass is 9.97. The van der Waals surface area contributed by atoms with Gasteiger partial charge in [-0.2, -0.15) is 0 Å². The van der Waals surface area contributed by atoms with Crippen molar-refractivity contribution in [3.8, 4) is 0 Å². The summed E-state index contributed by atoms with van der Waals surface area (Å²) >= 11 is 0. The molecule has 31 heavy (non-hydrogen) atoms. The average Bonchev–Trinajstić information content (AvgIpc) is 3.32. The van der Waals surface area contributed by atoms with E-state index in [1.165, 1.54) is 31.3 Å². The molecule has 1 N–H and O–H groups in total. The Kier molecular flexibility index (Phi) is 6.40. The Labute approximate surface area is 183 Å². The molecule has 162 valence electrons. The molecule has 2 aromatic heterocycles. The molecule has 4 rings (SSSR count). The number of Topliss-reactive ketones (excluding diaryl/α,β-unsaturated/α-hetero) is 1. The molecular weight excluding hydrogens is 388 g/mol. The van der Waals surface area contributed by atoms with Crippen molar-refractivity contribution >= 4 is 22.7 Å². The second kappa shape index (κ2) is 9.38. The largest absolute Gasteiger partial charge is 0.457 e. The Balaban J connectivity index is 1.35. The number of ether oxygens (including phenoxy) is 1. The van der Waals surface area contributed by atoms with E-state index in [9.17, 15) is 9.59 Å². The number of carbonyl (C=O) groups is 2. The molecule has 0 atom stereocenters. The van der Waals surface area contributed by atoms with Gasteiger partial charge in [0.1, 0.15) is 0 Å². The van der Waals surface area contributed by atoms with Crippen LogP contribution in [0.4, 0.5) is 0 Å². The predicted octanol–water partition coefficient (Wildman–Crippen LogP) is 5.45. The molecule has 1 aliphatic carbocycles. The van der Waals surface area contributed by atoms with E-state index in [2.05, 4.69) is 15.6 Å². The monoisotopic (exact) mass is 418 g/mol. The standard InChI is InChI=1S/C26H30N2O3/c1-18-14-23(19(2)28(18)13-12-20-8-4-3-5-9-20)25(29)17-31-26(30)15-21-16-27-24-11-7-6-10-22(21)24/h6-8,10-11,14,16,27H,3-5,9,12-13,15,17H2,1-2H3. The van der Waals surface area contributed by atoms with E-state index in [4.69, 9.17) is 4.74 Å². The summed E-state index contributed by atoms with van der Waals surface area (Å²) in [5.41, 5.74) is 6.06. The number of nitrogens with zero attached hydrogens (tertiary/aromatic N) is 1. The quantitative estimate of drug-likeness (QED) is 0.301. The van der Waals surface area contributed by atoms with Gasteiger partial charge in [-0.05, 0) is 63.6 Å². The van der Waals surface area contributed by atoms with Gasteiger partial charge in [-0.25, -0.2) is 0 Å². The van der Waals surface area contributed by atoms with Crippen molar-refractivity contribution in [2.24, 2.45) is 0 Å². The van der Waals surface area contributed by atoms with E-state index in [1.54, 1.807) is 0 Å². The number of allylic oxidation sites excluding steroid dienone is 2. The van der Waals surface area contributed by atoms with Crippen LogP contribution in [0.2, 0.25) is 0 Å². The van der Waals surface area contributed by atoms with Crippen LogP contribution in [0.5, 0.6) is 0 Å². The van der Waals surface area contributed by atoms with Crippen LogP contribution in [0, 0.1) is 13.8 Å². The van der Waals surface area contributed by atoms with Crippen molar-refractivity contribution in [3.63, 3.8) is 0 Å². The highest BCUT2D eigenvalue weighted by Gasteiger charge is 2.18. The number of esters is 1. The normalized spacial score (nSPS) is 13.9. The number of aryl methyl sites for hydroxylation is 1. The highest BCUT2D eigenvalue weighted by Crippen LogP contribution is 2.23. The highest BCUT2D eigenvalue weighted by atomic mass is 16.5. The van der Waals surface area contributed by atoms with Gasteiger partial charge in [0.15, 0.2) is 6.61 Å². The smallest absolute Gasteiger partial charge is 0.310 e. The number of aromatic nitrogens is 2. The summed E-state index contributed by atoms with van der Waals surface area (Å²) in [6, 6.07) is 9.74. The van der Waals surface area contributed by atoms with E-state index in [0.717, 1.165) is 40.8 Å². The number of H-pyrrole nitrogens is 1. The van der Waals surface area contributed by atoms with Crippen molar-refractivity contribution in [3.05, 3.63) is 70.7 Å². The molecule has 0 amide bonds. The zero-order chi connectivity index (χ0) is 21.8. The molecule has 0 aliphatic heterocycles. The maximum absolute atomic E-state index is 12.7. The van der Waals surface area contributed by atoms with Crippen LogP contribution in [0.1, 0.15) is 59.4 Å². The molecule has 5 heteroatoms. The molecule has 1 aromatic carbocycles. The number of aromatic amines is 1. The number of fused-ring (bicyclic) bond motifs is 1. The van der Waals surface area contributed by atoms with Gasteiger partial charge in [-0.15, -0.1) is 0 Å². The summed E-state index contributed by atoms with van der Waals surface area (Å²) in [6.45, 7) is 4.67. The van der Waals surface area contributed by atoms with Gasteiger partial charge in [0.25, 0.3) is 0 Å². The molecule has 0 fully saturated rings. The van der Waals surface area contributed by atoms with Gasteiger partial charge in [0.2, 0.25) is 5.78 Å². The first-order chi connectivity index (χ1) is 15.0. The first kappa shape index (κ1) is 21.2. The number of benzene rings is 1. The third-order valence-corrected chi connectivity index (χ3v) is 6.29. The lowest BCUT2D eigenvalue weighted by Gasteiger charge is -2.15. The minimum atomic E-state index is -0.392. The van der Waals surface area contributed by atoms with Gasteiger partial charge >= 0.3 is 5.97 Å². The minimum Gasteiger partial charge on any atom is -0.457 e. The van der Waals surface area contributed by atoms with Crippen molar-refractivity contribution in [2.75, 3.05) is 6.61 Å². The summed E-state index contributed by atoms with van der Waals surface area (Å²) in [6.07, 6.45) is 10.3. The molecule has 0 saturated heterocycles. The molecule has 0 spiro atoms. The lowest BCUT2D eigenvalue weighted by molar-refractivity contribution is -0.141. The zero-order valence-electron chi connectivity index (χ0n) is 18.4. The third kappa shape index (κ3) is 4.82. The van der Waals surface area contributed by atoms with Crippen molar-refractivity contribution in [2.45, 2.75) is 58.9 Å². The predicted molar refractivity (Wildman–Crippen MR) is 122 cm³/mol. The van der Waals surface area contributed by atoms with Gasteiger partial charge in [0, 0.05) is 40.6 Å². The topological polar surface area (TPSA) is 64.1 Å². The third-order valence-electron chi connectivity index (χ3n) is 6.29. The van der Waals surface area contributed by atoms with Gasteiger partial charge in [-0.3, -0.25) is 9.59 Å². The summed E-state index contributed by atoms with van der Waals surface area (Å²) < 4.78 is 7.52. The molecule has 0 radical (unpaired) electrons. The summed E-state index contributed by atoms with van der Waals surface area (Å²) in [7, 11) is 0. The van der Waals surface area contributed by atoms with Gasteiger partial charge in [0.05, 0.1) is 6.42 Å². The molecule has 3 aromatic rings. The summed E-state index contributed by atoms with van der Waals surface area (Å²) in [4.78, 5) is 28.2. The van der Waals surface area contributed by atoms with Crippen molar-refractivity contribution < 1.29 is 14.3 Å². The second-order valence-corrected chi connectivity index (χ2v) is 8.41. The fourth-order valence-corrected chi connectivity index (χ4v) is 4.52. The number of para-hydroxylation sites is 1. The summed E-state index contributed by atoms with van der Waals surface area (Å²) in [5, 5.41) is 1.00. The summed E-state index contributed by atoms with van der Waals surface area (Å²) in [5.74, 6) is -0.542. The highest BCUT2D eigenvalue weighted by molar-refractivity contribution is 5.99. The molecule has 0 saturated carbocycles. The number of carbonyl (C=O) groups excluding carboxylic acids is 2. The average molecular weight is 419 g/mol. The SMILES string of the molecule is Cc1cc(C(=O)COC(=O)Cc2c[nH]c3ccccc23)c(C)n1CCC1=CCCCC1. The molecule has 1 aliphatic rings. The number of hydrogen-bond donors (Lipinski definition) is 1. The maximum Gasteiger partial charge on any atom is 0.310 e. The van der Waals surface area contributed by atoms with Crippen LogP contribution < -0.4 is 0 Å². The van der Waals surface area contributed by atoms with Crippen LogP contribution in [-0.2, 0) is 22.5 Å². The Morgan fingerprint density at radius 2 is 2.00 bits per heavy atom. The van der Waals surface area contributed by atoms with Crippen LogP contribution in [-0.4, -0.2) is 27.9 Å². The fraction of sp³-hybridized carbons (Fsp3) is 0.385. The number of rotatable bonds is 8. The Bertz CT molecular complexity index is 1130. The Morgan fingerprint density at radius 1 is 1.16 bits per heavy atom. The van der Waals surface area contributed by atoms with Crippen molar-refractivity contribution in [1.82, 2.24) is 9.55 Å². The van der Waals surface area contributed by atoms with Crippen LogP contribution in [0.15, 0.2) is 48.2 Å². The van der Waals surface area contributed by atoms with E-state index in [0.29, 0.717) is 5.56 Å².